The van der Waals surface area contributed by atoms with Crippen molar-refractivity contribution in [2.75, 3.05) is 37.6 Å². The largest absolute Gasteiger partial charge is 0.369 e. The summed E-state index contributed by atoms with van der Waals surface area (Å²) in [5.74, 6) is 0.113. The zero-order chi connectivity index (χ0) is 22.9. The minimum atomic E-state index is -0.190. The number of amidine groups is 1. The Morgan fingerprint density at radius 3 is 2.18 bits per heavy atom. The molecule has 1 heterocycles. The van der Waals surface area contributed by atoms with Crippen LogP contribution in [0, 0.1) is 0 Å². The normalized spacial score (nSPS) is 15.1. The van der Waals surface area contributed by atoms with E-state index in [0.29, 0.717) is 16.5 Å². The van der Waals surface area contributed by atoms with E-state index in [4.69, 9.17) is 11.6 Å². The van der Waals surface area contributed by atoms with E-state index >= 15 is 0 Å². The highest BCUT2D eigenvalue weighted by Gasteiger charge is 2.19. The van der Waals surface area contributed by atoms with E-state index in [0.717, 1.165) is 31.7 Å². The van der Waals surface area contributed by atoms with Crippen molar-refractivity contribution in [2.24, 2.45) is 15.3 Å². The Labute approximate surface area is 198 Å². The number of nitrogens with one attached hydrogen (secondary N) is 1. The van der Waals surface area contributed by atoms with Gasteiger partial charge in [0.25, 0.3) is 5.91 Å². The molecule has 1 N–H and O–H groups in total. The van der Waals surface area contributed by atoms with Crippen molar-refractivity contribution in [1.29, 1.82) is 0 Å². The van der Waals surface area contributed by atoms with Crippen LogP contribution in [0.15, 0.2) is 100 Å². The molecule has 1 saturated heterocycles. The highest BCUT2D eigenvalue weighted by Crippen LogP contribution is 2.24. The van der Waals surface area contributed by atoms with Gasteiger partial charge in [-0.3, -0.25) is 9.69 Å². The number of rotatable bonds is 6. The molecule has 0 unspecified atom stereocenters. The first kappa shape index (κ1) is 22.6. The van der Waals surface area contributed by atoms with Gasteiger partial charge >= 0.3 is 0 Å². The molecule has 168 valence electrons. The van der Waals surface area contributed by atoms with E-state index in [9.17, 15) is 4.79 Å². The van der Waals surface area contributed by atoms with Crippen molar-refractivity contribution < 1.29 is 4.79 Å². The Kier molecular flexibility index (Phi) is 7.79. The summed E-state index contributed by atoms with van der Waals surface area (Å²) in [5.41, 5.74) is 5.11. The van der Waals surface area contributed by atoms with Crippen LogP contribution in [0.4, 0.5) is 11.4 Å². The fourth-order valence-electron chi connectivity index (χ4n) is 3.52. The first-order valence-corrected chi connectivity index (χ1v) is 11.2. The van der Waals surface area contributed by atoms with Crippen LogP contribution in [-0.2, 0) is 4.79 Å². The Hall–Kier alpha value is -3.55. The summed E-state index contributed by atoms with van der Waals surface area (Å²) in [4.78, 5) is 17.0. The maximum Gasteiger partial charge on any atom is 0.254 e. The molecule has 1 aliphatic heterocycles. The number of hydrazone groups is 1. The predicted molar refractivity (Wildman–Crippen MR) is 132 cm³/mol. The lowest BCUT2D eigenvalue weighted by atomic mass is 10.2. The van der Waals surface area contributed by atoms with Crippen molar-refractivity contribution in [3.05, 3.63) is 95.5 Å². The molecule has 0 spiro atoms. The Morgan fingerprint density at radius 2 is 1.48 bits per heavy atom. The van der Waals surface area contributed by atoms with Crippen LogP contribution in [0.5, 0.6) is 0 Å². The van der Waals surface area contributed by atoms with Crippen LogP contribution in [0.2, 0.25) is 5.02 Å². The fourth-order valence-corrected chi connectivity index (χ4v) is 3.70. The van der Waals surface area contributed by atoms with Gasteiger partial charge in [0, 0.05) is 37.4 Å². The van der Waals surface area contributed by atoms with Gasteiger partial charge in [0.1, 0.15) is 5.69 Å². The molecule has 0 aliphatic carbocycles. The zero-order valence-electron chi connectivity index (χ0n) is 18.1. The summed E-state index contributed by atoms with van der Waals surface area (Å²) < 4.78 is 0. The van der Waals surface area contributed by atoms with Gasteiger partial charge in [0.05, 0.1) is 11.6 Å². The van der Waals surface area contributed by atoms with Gasteiger partial charge in [-0.15, -0.1) is 10.2 Å². The molecule has 0 saturated carbocycles. The molecule has 0 radical (unpaired) electrons. The van der Waals surface area contributed by atoms with E-state index in [1.54, 1.807) is 12.1 Å². The number of carbonyl (C=O) groups excluding carboxylic acids is 1. The quantitative estimate of drug-likeness (QED) is 0.250. The molecular weight excluding hydrogens is 436 g/mol. The summed E-state index contributed by atoms with van der Waals surface area (Å²) >= 11 is 6.17. The molecule has 33 heavy (non-hydrogen) atoms. The molecule has 0 atom stereocenters. The number of hydrogen-bond acceptors (Lipinski definition) is 5. The zero-order valence-corrected chi connectivity index (χ0v) is 18.9. The Morgan fingerprint density at radius 1 is 0.848 bits per heavy atom. The van der Waals surface area contributed by atoms with Crippen LogP contribution in [0.3, 0.4) is 0 Å². The lowest BCUT2D eigenvalue weighted by Gasteiger charge is -2.35. The van der Waals surface area contributed by atoms with Gasteiger partial charge in [-0.05, 0) is 24.3 Å². The average molecular weight is 461 g/mol. The third kappa shape index (κ3) is 6.47. The van der Waals surface area contributed by atoms with Crippen LogP contribution in [-0.4, -0.2) is 49.4 Å². The van der Waals surface area contributed by atoms with Gasteiger partial charge in [-0.1, -0.05) is 72.3 Å². The van der Waals surface area contributed by atoms with Gasteiger partial charge in [-0.2, -0.15) is 5.10 Å². The van der Waals surface area contributed by atoms with Crippen LogP contribution in [0.25, 0.3) is 0 Å². The average Bonchev–Trinajstić information content (AvgIpc) is 2.86. The van der Waals surface area contributed by atoms with Gasteiger partial charge in [0.2, 0.25) is 5.84 Å². The lowest BCUT2D eigenvalue weighted by molar-refractivity contribution is -0.122. The van der Waals surface area contributed by atoms with Gasteiger partial charge in [0.15, 0.2) is 0 Å². The van der Waals surface area contributed by atoms with Gasteiger partial charge in [-0.25, -0.2) is 5.43 Å². The Bertz CT molecular complexity index is 1110. The summed E-state index contributed by atoms with van der Waals surface area (Å²) in [6, 6.07) is 26.9. The SMILES string of the molecule is O=C(CN1CCN(c2ccccc2)CC1)N/N=C(\N=Nc1ccccc1Cl)c1ccccc1. The van der Waals surface area contributed by atoms with Crippen LogP contribution < -0.4 is 10.3 Å². The molecule has 0 aromatic heterocycles. The van der Waals surface area contributed by atoms with Crippen molar-refractivity contribution in [2.45, 2.75) is 0 Å². The Balaban J connectivity index is 1.37. The van der Waals surface area contributed by atoms with Crippen molar-refractivity contribution >= 4 is 34.7 Å². The molecule has 3 aromatic rings. The van der Waals surface area contributed by atoms with E-state index in [2.05, 4.69) is 42.7 Å². The van der Waals surface area contributed by atoms with Crippen molar-refractivity contribution in [3.63, 3.8) is 0 Å². The number of carbonyl (C=O) groups is 1. The minimum Gasteiger partial charge on any atom is -0.369 e. The topological polar surface area (TPSA) is 72.7 Å². The van der Waals surface area contributed by atoms with Crippen LogP contribution >= 0.6 is 11.6 Å². The number of hydrogen-bond donors (Lipinski definition) is 1. The lowest BCUT2D eigenvalue weighted by Crippen LogP contribution is -2.49. The molecule has 8 heteroatoms. The number of halogens is 1. The maximum atomic E-state index is 12.6. The summed E-state index contributed by atoms with van der Waals surface area (Å²) in [7, 11) is 0. The first-order valence-electron chi connectivity index (χ1n) is 10.8. The molecule has 1 amide bonds. The third-order valence-electron chi connectivity index (χ3n) is 5.28. The molecule has 4 rings (SSSR count). The predicted octanol–water partition coefficient (Wildman–Crippen LogP) is 4.72. The number of amides is 1. The van der Waals surface area contributed by atoms with E-state index < -0.39 is 0 Å². The van der Waals surface area contributed by atoms with Crippen molar-refractivity contribution in [1.82, 2.24) is 10.3 Å². The van der Waals surface area contributed by atoms with E-state index in [-0.39, 0.29) is 12.5 Å². The molecule has 1 fully saturated rings. The molecule has 7 nitrogen and oxygen atoms in total. The first-order chi connectivity index (χ1) is 16.2. The maximum absolute atomic E-state index is 12.6. The van der Waals surface area contributed by atoms with Crippen LogP contribution in [0.1, 0.15) is 5.56 Å². The highest BCUT2D eigenvalue weighted by atomic mass is 35.5. The summed E-state index contributed by atoms with van der Waals surface area (Å²) in [6.45, 7) is 3.65. The number of para-hydroxylation sites is 1. The number of piperazine rings is 1. The summed E-state index contributed by atoms with van der Waals surface area (Å²) in [5, 5.41) is 13.2. The second kappa shape index (κ2) is 11.4. The highest BCUT2D eigenvalue weighted by molar-refractivity contribution is 6.32. The van der Waals surface area contributed by atoms with Gasteiger partial charge < -0.3 is 4.90 Å². The molecule has 1 aliphatic rings. The molecular formula is C25H25ClN6O. The number of nitrogens with zero attached hydrogens (tertiary/aromatic N) is 5. The number of benzene rings is 3. The summed E-state index contributed by atoms with van der Waals surface area (Å²) in [6.07, 6.45) is 0. The molecule has 0 bridgehead atoms. The molecule has 3 aromatic carbocycles. The standard InChI is InChI=1S/C25H25ClN6O/c26-22-13-7-8-14-23(22)27-29-25(20-9-3-1-4-10-20)30-28-24(33)19-31-15-17-32(18-16-31)21-11-5-2-6-12-21/h1-14H,15-19H2,(H,28,33)/b29-27?,30-25-. The van der Waals surface area contributed by atoms with E-state index in [1.807, 2.05) is 60.7 Å². The minimum absolute atomic E-state index is 0.190. The van der Waals surface area contributed by atoms with Crippen molar-refractivity contribution in [3.8, 4) is 0 Å². The number of anilines is 1. The fraction of sp³-hybridized carbons (Fsp3) is 0.200. The monoisotopic (exact) mass is 460 g/mol. The number of azo groups is 1. The third-order valence-corrected chi connectivity index (χ3v) is 5.60. The smallest absolute Gasteiger partial charge is 0.254 e. The second-order valence-electron chi connectivity index (χ2n) is 7.59. The second-order valence-corrected chi connectivity index (χ2v) is 7.99. The van der Waals surface area contributed by atoms with E-state index in [1.165, 1.54) is 5.69 Å².